The number of aliphatic hydroxyl groups is 1. The number of rotatable bonds is 6. The van der Waals surface area contributed by atoms with Crippen molar-refractivity contribution in [3.05, 3.63) is 29.8 Å². The summed E-state index contributed by atoms with van der Waals surface area (Å²) in [5, 5.41) is 8.80. The van der Waals surface area contributed by atoms with Crippen LogP contribution in [0.3, 0.4) is 0 Å². The highest BCUT2D eigenvalue weighted by molar-refractivity contribution is 7.91. The third kappa shape index (κ3) is 4.89. The van der Waals surface area contributed by atoms with Gasteiger partial charge in [0, 0.05) is 13.1 Å². The number of hydrogen-bond donors (Lipinski definition) is 1. The van der Waals surface area contributed by atoms with Gasteiger partial charge in [-0.25, -0.2) is 8.42 Å². The van der Waals surface area contributed by atoms with E-state index in [1.807, 2.05) is 12.1 Å². The van der Waals surface area contributed by atoms with E-state index in [1.54, 1.807) is 24.1 Å². The lowest BCUT2D eigenvalue weighted by atomic mass is 9.87. The van der Waals surface area contributed by atoms with Crippen LogP contribution >= 0.6 is 0 Å². The fourth-order valence-corrected chi connectivity index (χ4v) is 3.18. The minimum absolute atomic E-state index is 0.0175. The van der Waals surface area contributed by atoms with Crippen LogP contribution in [0, 0.1) is 0 Å². The Hall–Kier alpha value is -0.910. The van der Waals surface area contributed by atoms with Gasteiger partial charge >= 0.3 is 0 Å². The normalized spacial score (nSPS) is 12.9. The van der Waals surface area contributed by atoms with Crippen LogP contribution in [0.4, 0.5) is 0 Å². The fourth-order valence-electron chi connectivity index (χ4n) is 1.84. The van der Waals surface area contributed by atoms with Gasteiger partial charge in [0.25, 0.3) is 0 Å². The van der Waals surface area contributed by atoms with Crippen LogP contribution in [0.15, 0.2) is 29.2 Å². The van der Waals surface area contributed by atoms with Crippen LogP contribution in [0.2, 0.25) is 0 Å². The van der Waals surface area contributed by atoms with Crippen molar-refractivity contribution in [2.45, 2.75) is 31.1 Å². The Labute approximate surface area is 122 Å². The summed E-state index contributed by atoms with van der Waals surface area (Å²) in [6.07, 6.45) is 0. The van der Waals surface area contributed by atoms with Crippen LogP contribution < -0.4 is 0 Å². The average Bonchev–Trinajstić information content (AvgIpc) is 2.36. The average molecular weight is 299 g/mol. The van der Waals surface area contributed by atoms with E-state index in [0.29, 0.717) is 18.0 Å². The Morgan fingerprint density at radius 1 is 1.10 bits per heavy atom. The summed E-state index contributed by atoms with van der Waals surface area (Å²) in [4.78, 5) is 2.17. The lowest BCUT2D eigenvalue weighted by Gasteiger charge is -2.19. The summed E-state index contributed by atoms with van der Waals surface area (Å²) < 4.78 is 24.4. The molecular formula is C15H25NO3S. The van der Waals surface area contributed by atoms with Gasteiger partial charge in [-0.15, -0.1) is 0 Å². The van der Waals surface area contributed by atoms with Gasteiger partial charge in [0.1, 0.15) is 0 Å². The molecule has 0 heterocycles. The smallest absolute Gasteiger partial charge is 0.179 e. The first-order valence-electron chi connectivity index (χ1n) is 6.79. The van der Waals surface area contributed by atoms with Crippen molar-refractivity contribution in [2.75, 3.05) is 32.5 Å². The van der Waals surface area contributed by atoms with Crippen LogP contribution in [0.25, 0.3) is 0 Å². The highest BCUT2D eigenvalue weighted by atomic mass is 32.2. The minimum Gasteiger partial charge on any atom is -0.395 e. The number of likely N-dealkylation sites (N-methyl/N-ethyl adjacent to an activating group) is 1. The van der Waals surface area contributed by atoms with E-state index in [2.05, 4.69) is 20.8 Å². The summed E-state index contributed by atoms with van der Waals surface area (Å²) in [6, 6.07) is 7.12. The van der Waals surface area contributed by atoms with Crippen LogP contribution in [-0.2, 0) is 15.3 Å². The maximum atomic E-state index is 12.2. The van der Waals surface area contributed by atoms with Crippen molar-refractivity contribution >= 4 is 9.84 Å². The van der Waals surface area contributed by atoms with Crippen LogP contribution in [0.5, 0.6) is 0 Å². The van der Waals surface area contributed by atoms with E-state index < -0.39 is 9.84 Å². The monoisotopic (exact) mass is 299 g/mol. The standard InChI is InChI=1S/C15H25NO3S/c1-15(2,3)13-5-7-14(8-6-13)20(18,19)12-10-16(4)9-11-17/h5-8,17H,9-12H2,1-4H3. The second kappa shape index (κ2) is 6.70. The molecule has 0 amide bonds. The molecule has 0 unspecified atom stereocenters. The van der Waals surface area contributed by atoms with Crippen molar-refractivity contribution in [3.8, 4) is 0 Å². The molecular weight excluding hydrogens is 274 g/mol. The van der Waals surface area contributed by atoms with Crippen molar-refractivity contribution in [2.24, 2.45) is 0 Å². The Morgan fingerprint density at radius 2 is 1.65 bits per heavy atom. The summed E-state index contributed by atoms with van der Waals surface area (Å²) >= 11 is 0. The predicted octanol–water partition coefficient (Wildman–Crippen LogP) is 1.68. The summed E-state index contributed by atoms with van der Waals surface area (Å²) in [5.74, 6) is 0.0678. The second-order valence-electron chi connectivity index (χ2n) is 6.12. The molecule has 0 aliphatic rings. The quantitative estimate of drug-likeness (QED) is 0.868. The van der Waals surface area contributed by atoms with Crippen molar-refractivity contribution < 1.29 is 13.5 Å². The molecule has 0 fully saturated rings. The van der Waals surface area contributed by atoms with Crippen LogP contribution in [0.1, 0.15) is 26.3 Å². The first-order valence-corrected chi connectivity index (χ1v) is 8.45. The van der Waals surface area contributed by atoms with Gasteiger partial charge in [-0.05, 0) is 30.2 Å². The molecule has 0 radical (unpaired) electrons. The molecule has 0 saturated carbocycles. The number of aliphatic hydroxyl groups excluding tert-OH is 1. The van der Waals surface area contributed by atoms with Gasteiger partial charge in [-0.2, -0.15) is 0 Å². The molecule has 0 spiro atoms. The zero-order chi connectivity index (χ0) is 15.4. The first-order chi connectivity index (χ1) is 9.16. The Morgan fingerprint density at radius 3 is 2.10 bits per heavy atom. The van der Waals surface area contributed by atoms with Gasteiger partial charge in [0.15, 0.2) is 9.84 Å². The van der Waals surface area contributed by atoms with E-state index in [0.717, 1.165) is 5.56 Å². The Kier molecular flexibility index (Phi) is 5.74. The molecule has 1 aromatic rings. The third-order valence-electron chi connectivity index (χ3n) is 3.30. The number of hydrogen-bond acceptors (Lipinski definition) is 4. The van der Waals surface area contributed by atoms with Crippen molar-refractivity contribution in [1.29, 1.82) is 0 Å². The molecule has 0 aliphatic heterocycles. The molecule has 1 N–H and O–H groups in total. The molecule has 0 aliphatic carbocycles. The van der Waals surface area contributed by atoms with Gasteiger partial charge in [0.05, 0.1) is 17.3 Å². The predicted molar refractivity (Wildman–Crippen MR) is 81.8 cm³/mol. The number of sulfone groups is 1. The van der Waals surface area contributed by atoms with Gasteiger partial charge in [-0.3, -0.25) is 0 Å². The van der Waals surface area contributed by atoms with Gasteiger partial charge in [0.2, 0.25) is 0 Å². The largest absolute Gasteiger partial charge is 0.395 e. The summed E-state index contributed by atoms with van der Waals surface area (Å²) in [6.45, 7) is 7.24. The highest BCUT2D eigenvalue weighted by Crippen LogP contribution is 2.23. The topological polar surface area (TPSA) is 57.6 Å². The highest BCUT2D eigenvalue weighted by Gasteiger charge is 2.18. The number of nitrogens with zero attached hydrogens (tertiary/aromatic N) is 1. The maximum absolute atomic E-state index is 12.2. The molecule has 4 nitrogen and oxygen atoms in total. The first kappa shape index (κ1) is 17.1. The lowest BCUT2D eigenvalue weighted by molar-refractivity contribution is 0.227. The van der Waals surface area contributed by atoms with Gasteiger partial charge < -0.3 is 10.0 Å². The molecule has 1 aromatic carbocycles. The van der Waals surface area contributed by atoms with E-state index in [4.69, 9.17) is 5.11 Å². The van der Waals surface area contributed by atoms with Crippen molar-refractivity contribution in [1.82, 2.24) is 4.90 Å². The van der Waals surface area contributed by atoms with E-state index in [1.165, 1.54) is 0 Å². The zero-order valence-electron chi connectivity index (χ0n) is 12.8. The second-order valence-corrected chi connectivity index (χ2v) is 8.23. The number of benzene rings is 1. The summed E-state index contributed by atoms with van der Waals surface area (Å²) in [5.41, 5.74) is 1.14. The lowest BCUT2D eigenvalue weighted by Crippen LogP contribution is -2.28. The molecule has 114 valence electrons. The zero-order valence-corrected chi connectivity index (χ0v) is 13.6. The third-order valence-corrected chi connectivity index (χ3v) is 5.01. The molecule has 5 heteroatoms. The fraction of sp³-hybridized carbons (Fsp3) is 0.600. The van der Waals surface area contributed by atoms with E-state index >= 15 is 0 Å². The molecule has 0 bridgehead atoms. The molecule has 0 saturated heterocycles. The maximum Gasteiger partial charge on any atom is 0.179 e. The Bertz CT molecular complexity index is 515. The molecule has 0 atom stereocenters. The van der Waals surface area contributed by atoms with E-state index in [-0.39, 0.29) is 17.8 Å². The molecule has 20 heavy (non-hydrogen) atoms. The van der Waals surface area contributed by atoms with Crippen molar-refractivity contribution in [3.63, 3.8) is 0 Å². The molecule has 1 rings (SSSR count). The molecule has 0 aromatic heterocycles. The minimum atomic E-state index is -3.26. The Balaban J connectivity index is 2.78. The summed E-state index contributed by atoms with van der Waals surface area (Å²) in [7, 11) is -1.46. The van der Waals surface area contributed by atoms with E-state index in [9.17, 15) is 8.42 Å². The SMILES string of the molecule is CN(CCO)CCS(=O)(=O)c1ccc(C(C)(C)C)cc1. The van der Waals surface area contributed by atoms with Crippen LogP contribution in [-0.4, -0.2) is 50.9 Å². The van der Waals surface area contributed by atoms with Gasteiger partial charge in [-0.1, -0.05) is 32.9 Å².